The van der Waals surface area contributed by atoms with Crippen molar-refractivity contribution >= 4 is 50.6 Å². The van der Waals surface area contributed by atoms with Crippen molar-refractivity contribution in [2.45, 2.75) is 13.5 Å². The second-order valence-electron chi connectivity index (χ2n) is 7.66. The molecular formula is C26H20N3O2S. The lowest BCUT2D eigenvalue weighted by molar-refractivity contribution is -0.114. The highest BCUT2D eigenvalue weighted by atomic mass is 32.1. The Hall–Kier alpha value is -3.90. The van der Waals surface area contributed by atoms with Gasteiger partial charge in [0.25, 0.3) is 0 Å². The Labute approximate surface area is 189 Å². The Kier molecular flexibility index (Phi) is 4.99. The Balaban J connectivity index is 1.74. The molecule has 0 saturated carbocycles. The number of anilines is 1. The highest BCUT2D eigenvalue weighted by Gasteiger charge is 2.17. The van der Waals surface area contributed by atoms with Crippen LogP contribution >= 0.6 is 11.3 Å². The van der Waals surface area contributed by atoms with Gasteiger partial charge in [-0.05, 0) is 65.0 Å². The molecule has 1 radical (unpaired) electrons. The van der Waals surface area contributed by atoms with E-state index in [-0.39, 0.29) is 5.91 Å². The number of carbonyl (C=O) groups excluding carboxylic acids is 2. The van der Waals surface area contributed by atoms with Crippen LogP contribution in [0.2, 0.25) is 0 Å². The van der Waals surface area contributed by atoms with E-state index in [1.165, 1.54) is 6.92 Å². The quantitative estimate of drug-likeness (QED) is 0.384. The van der Waals surface area contributed by atoms with Gasteiger partial charge in [0.05, 0.1) is 11.0 Å². The van der Waals surface area contributed by atoms with Crippen molar-refractivity contribution in [3.63, 3.8) is 0 Å². The number of rotatable bonds is 5. The molecule has 5 rings (SSSR count). The molecule has 0 spiro atoms. The van der Waals surface area contributed by atoms with Crippen LogP contribution in [0.5, 0.6) is 0 Å². The third-order valence-electron chi connectivity index (χ3n) is 5.45. The summed E-state index contributed by atoms with van der Waals surface area (Å²) in [5, 5.41) is 6.57. The maximum atomic E-state index is 12.2. The molecule has 2 aromatic heterocycles. The van der Waals surface area contributed by atoms with Gasteiger partial charge in [0.15, 0.2) is 0 Å². The Morgan fingerprint density at radius 1 is 1.06 bits per heavy atom. The van der Waals surface area contributed by atoms with Crippen LogP contribution in [0.1, 0.15) is 22.8 Å². The number of primary amides is 1. The van der Waals surface area contributed by atoms with Crippen molar-refractivity contribution in [3.05, 3.63) is 89.3 Å². The molecule has 0 saturated heterocycles. The minimum absolute atomic E-state index is 0.111. The lowest BCUT2D eigenvalue weighted by Crippen LogP contribution is -2.11. The molecule has 2 amide bonds. The van der Waals surface area contributed by atoms with Crippen molar-refractivity contribution < 1.29 is 9.59 Å². The van der Waals surface area contributed by atoms with Gasteiger partial charge in [0.2, 0.25) is 11.8 Å². The Morgan fingerprint density at radius 2 is 1.91 bits per heavy atom. The topological polar surface area (TPSA) is 77.1 Å². The highest BCUT2D eigenvalue weighted by Crippen LogP contribution is 2.35. The molecule has 5 aromatic rings. The van der Waals surface area contributed by atoms with Gasteiger partial charge in [-0.1, -0.05) is 24.3 Å². The van der Waals surface area contributed by atoms with Crippen LogP contribution in [0, 0.1) is 6.07 Å². The number of fused-ring (bicyclic) bond motifs is 3. The summed E-state index contributed by atoms with van der Waals surface area (Å²) in [5.41, 5.74) is 10.9. The molecule has 157 valence electrons. The highest BCUT2D eigenvalue weighted by molar-refractivity contribution is 7.13. The molecule has 6 heteroatoms. The van der Waals surface area contributed by atoms with E-state index in [0.29, 0.717) is 12.1 Å². The van der Waals surface area contributed by atoms with Gasteiger partial charge in [-0.2, -0.15) is 0 Å². The fourth-order valence-electron chi connectivity index (χ4n) is 4.15. The lowest BCUT2D eigenvalue weighted by atomic mass is 10.0. The number of carbonyl (C=O) groups is 2. The summed E-state index contributed by atoms with van der Waals surface area (Å²) >= 11 is 1.67. The number of nitrogens with zero attached hydrogens (tertiary/aromatic N) is 1. The van der Waals surface area contributed by atoms with Crippen molar-refractivity contribution in [1.82, 2.24) is 4.57 Å². The second-order valence-corrected chi connectivity index (χ2v) is 8.61. The van der Waals surface area contributed by atoms with Gasteiger partial charge >= 0.3 is 0 Å². The Bertz CT molecular complexity index is 1480. The number of thiophene rings is 1. The van der Waals surface area contributed by atoms with E-state index >= 15 is 0 Å². The monoisotopic (exact) mass is 438 g/mol. The molecule has 0 aliphatic carbocycles. The number of nitrogens with one attached hydrogen (secondary N) is 1. The molecule has 0 fully saturated rings. The molecule has 0 atom stereocenters. The summed E-state index contributed by atoms with van der Waals surface area (Å²) in [5.74, 6) is -0.571. The van der Waals surface area contributed by atoms with Crippen LogP contribution in [0.4, 0.5) is 5.69 Å². The SMILES string of the molecule is CC(=O)Nc1cccc(Cn2c3cc(-c4cccs4)c[c]c3c3c(C(N)=O)cccc32)c1. The zero-order valence-electron chi connectivity index (χ0n) is 17.4. The van der Waals surface area contributed by atoms with E-state index in [0.717, 1.165) is 43.5 Å². The molecular weight excluding hydrogens is 418 g/mol. The van der Waals surface area contributed by atoms with E-state index in [1.807, 2.05) is 53.9 Å². The number of nitrogens with two attached hydrogens (primary N) is 1. The standard InChI is InChI=1S/C26H20N3O2S/c1-16(30)28-19-6-2-5-17(13-19)15-29-22-8-3-7-21(26(27)31)25(22)20-11-10-18(14-23(20)29)24-9-4-12-32-24/h2-10,12-14H,15H2,1H3,(H2,27,31)(H,28,30). The minimum atomic E-state index is -0.460. The first kappa shape index (κ1) is 20.0. The molecule has 3 aromatic carbocycles. The number of hydrogen-bond acceptors (Lipinski definition) is 3. The normalized spacial score (nSPS) is 11.2. The fraction of sp³-hybridized carbons (Fsp3) is 0.0769. The summed E-state index contributed by atoms with van der Waals surface area (Å²) < 4.78 is 2.18. The van der Waals surface area contributed by atoms with Crippen LogP contribution in [0.25, 0.3) is 32.2 Å². The lowest BCUT2D eigenvalue weighted by Gasteiger charge is -2.10. The maximum absolute atomic E-state index is 12.2. The van der Waals surface area contributed by atoms with Gasteiger partial charge in [-0.3, -0.25) is 9.59 Å². The van der Waals surface area contributed by atoms with Gasteiger partial charge in [-0.15, -0.1) is 11.3 Å². The van der Waals surface area contributed by atoms with Gasteiger partial charge in [-0.25, -0.2) is 0 Å². The summed E-state index contributed by atoms with van der Waals surface area (Å²) in [6, 6.07) is 25.0. The van der Waals surface area contributed by atoms with Crippen molar-refractivity contribution in [2.75, 3.05) is 5.32 Å². The van der Waals surface area contributed by atoms with Crippen molar-refractivity contribution in [2.24, 2.45) is 5.73 Å². The predicted molar refractivity (Wildman–Crippen MR) is 130 cm³/mol. The van der Waals surface area contributed by atoms with E-state index in [9.17, 15) is 9.59 Å². The van der Waals surface area contributed by atoms with Crippen LogP contribution in [-0.2, 0) is 11.3 Å². The molecule has 0 unspecified atom stereocenters. The zero-order valence-corrected chi connectivity index (χ0v) is 18.2. The molecule has 32 heavy (non-hydrogen) atoms. The largest absolute Gasteiger partial charge is 0.366 e. The average molecular weight is 439 g/mol. The smallest absolute Gasteiger partial charge is 0.249 e. The van der Waals surface area contributed by atoms with Crippen LogP contribution < -0.4 is 11.1 Å². The summed E-state index contributed by atoms with van der Waals surface area (Å²) in [7, 11) is 0. The fourth-order valence-corrected chi connectivity index (χ4v) is 4.86. The van der Waals surface area contributed by atoms with E-state index in [1.54, 1.807) is 17.4 Å². The molecule has 0 bridgehead atoms. The zero-order chi connectivity index (χ0) is 22.2. The number of hydrogen-bond donors (Lipinski definition) is 2. The first-order chi connectivity index (χ1) is 15.5. The van der Waals surface area contributed by atoms with Crippen molar-refractivity contribution in [1.29, 1.82) is 0 Å². The molecule has 5 nitrogen and oxygen atoms in total. The van der Waals surface area contributed by atoms with Gasteiger partial charge in [0, 0.05) is 40.4 Å². The molecule has 0 aliphatic heterocycles. The van der Waals surface area contributed by atoms with Gasteiger partial charge in [0.1, 0.15) is 0 Å². The third kappa shape index (κ3) is 3.55. The average Bonchev–Trinajstić information content (AvgIpc) is 3.41. The van der Waals surface area contributed by atoms with E-state index < -0.39 is 5.91 Å². The predicted octanol–water partition coefficient (Wildman–Crippen LogP) is 5.43. The number of amides is 2. The third-order valence-corrected chi connectivity index (χ3v) is 6.37. The molecule has 0 aliphatic rings. The molecule has 2 heterocycles. The first-order valence-electron chi connectivity index (χ1n) is 10.2. The number of benzene rings is 3. The summed E-state index contributed by atoms with van der Waals surface area (Å²) in [6.07, 6.45) is 0. The Morgan fingerprint density at radius 3 is 2.66 bits per heavy atom. The number of aromatic nitrogens is 1. The second kappa shape index (κ2) is 7.98. The maximum Gasteiger partial charge on any atom is 0.249 e. The van der Waals surface area contributed by atoms with Crippen LogP contribution in [-0.4, -0.2) is 16.4 Å². The van der Waals surface area contributed by atoms with Crippen LogP contribution in [0.15, 0.2) is 72.1 Å². The van der Waals surface area contributed by atoms with E-state index in [4.69, 9.17) is 5.73 Å². The van der Waals surface area contributed by atoms with Gasteiger partial charge < -0.3 is 15.6 Å². The minimum Gasteiger partial charge on any atom is -0.366 e. The molecule has 3 N–H and O–H groups in total. The first-order valence-corrected chi connectivity index (χ1v) is 11.1. The summed E-state index contributed by atoms with van der Waals surface area (Å²) in [4.78, 5) is 24.8. The van der Waals surface area contributed by atoms with Crippen molar-refractivity contribution in [3.8, 4) is 10.4 Å². The summed E-state index contributed by atoms with van der Waals surface area (Å²) in [6.45, 7) is 2.06. The van der Waals surface area contributed by atoms with Crippen LogP contribution in [0.3, 0.4) is 0 Å². The van der Waals surface area contributed by atoms with E-state index in [2.05, 4.69) is 28.1 Å².